The first-order valence-electron chi connectivity index (χ1n) is 22.1. The van der Waals surface area contributed by atoms with Gasteiger partial charge in [0.15, 0.2) is 0 Å². The molecular formula is C42H70Cl4Mn2N10. The Bertz CT molecular complexity index is 1200. The molecule has 16 heteroatoms. The van der Waals surface area contributed by atoms with Crippen LogP contribution in [0.3, 0.4) is 0 Å². The van der Waals surface area contributed by atoms with Crippen LogP contribution in [0, 0.1) is 0 Å². The summed E-state index contributed by atoms with van der Waals surface area (Å²) in [5, 5.41) is 30.4. The van der Waals surface area contributed by atoms with Crippen molar-refractivity contribution in [2.24, 2.45) is 0 Å². The van der Waals surface area contributed by atoms with E-state index in [1.165, 1.54) is 126 Å². The molecule has 4 saturated carbocycles. The van der Waals surface area contributed by atoms with Gasteiger partial charge in [0.1, 0.15) is 0 Å². The van der Waals surface area contributed by atoms with E-state index in [-0.39, 0.29) is 26.3 Å². The predicted octanol–water partition coefficient (Wildman–Crippen LogP) is 6.91. The quantitative estimate of drug-likeness (QED) is 0.133. The van der Waals surface area contributed by atoms with Gasteiger partial charge in [0.2, 0.25) is 0 Å². The van der Waals surface area contributed by atoms with Crippen LogP contribution in [0.2, 0.25) is 0 Å². The Kier molecular flexibility index (Phi) is 25.0. The number of fused-ring (bicyclic) bond motifs is 8. The van der Waals surface area contributed by atoms with Crippen molar-refractivity contribution < 1.29 is 26.3 Å². The van der Waals surface area contributed by atoms with Gasteiger partial charge in [-0.2, -0.15) is 0 Å². The van der Waals surface area contributed by atoms with E-state index >= 15 is 0 Å². The molecule has 8 atom stereocenters. The molecule has 4 heterocycles. The summed E-state index contributed by atoms with van der Waals surface area (Å²) in [6.07, 6.45) is 21.0. The summed E-state index contributed by atoms with van der Waals surface area (Å²) >= 11 is 0.0139. The monoisotopic (exact) mass is 964 g/mol. The summed E-state index contributed by atoms with van der Waals surface area (Å²) < 4.78 is 0. The third-order valence-corrected chi connectivity index (χ3v) is 12.9. The van der Waals surface area contributed by atoms with Gasteiger partial charge in [-0.05, 0) is 75.6 Å². The average Bonchev–Trinajstić information content (AvgIpc) is 3.26. The Balaban J connectivity index is 0.000000195. The van der Waals surface area contributed by atoms with Crippen LogP contribution in [0.4, 0.5) is 0 Å². The molecule has 4 aliphatic carbocycles. The van der Waals surface area contributed by atoms with Crippen LogP contribution in [0.1, 0.15) is 126 Å². The van der Waals surface area contributed by atoms with Gasteiger partial charge in [-0.15, -0.1) is 0 Å². The first kappa shape index (κ1) is 49.2. The van der Waals surface area contributed by atoms with Crippen molar-refractivity contribution in [3.63, 3.8) is 0 Å². The molecule has 4 bridgehead atoms. The first-order valence-corrected chi connectivity index (χ1v) is 28.6. The zero-order chi connectivity index (χ0) is 40.6. The largest absolute Gasteiger partial charge is 0.311 e. The summed E-state index contributed by atoms with van der Waals surface area (Å²) in [6.45, 7) is 7.77. The summed E-state index contributed by atoms with van der Waals surface area (Å²) in [4.78, 5) is 9.79. The fraction of sp³-hybridized carbons (Fsp3) is 0.762. The van der Waals surface area contributed by atoms with Gasteiger partial charge in [0.25, 0.3) is 0 Å². The molecule has 330 valence electrons. The molecule has 8 rings (SSSR count). The minimum absolute atomic E-state index is 0.00694. The van der Waals surface area contributed by atoms with Crippen molar-refractivity contribution in [3.8, 4) is 0 Å². The molecule has 2 aromatic heterocycles. The molecule has 0 aromatic carbocycles. The van der Waals surface area contributed by atoms with Crippen molar-refractivity contribution in [2.75, 3.05) is 26.2 Å². The molecular weight excluding hydrogens is 896 g/mol. The fourth-order valence-corrected chi connectivity index (χ4v) is 9.90. The zero-order valence-corrected chi connectivity index (χ0v) is 39.6. The SMILES string of the molecule is [Cl][Mn][Cl].[Cl][Mn][Cl].c1cc2nc(c1)CN[C@H]1CCCC[C@@H]1NCCN[C@H]1CCCC[C@@H]1NC2.c1cc2nc(c1)CN[C@H]1CCCC[C@H]1NCCN[C@@H]1CCCC[C@@H]1NC2. The number of hydrogen-bond donors (Lipinski definition) is 8. The van der Waals surface area contributed by atoms with Crippen molar-refractivity contribution in [2.45, 2.75) is 177 Å². The van der Waals surface area contributed by atoms with Crippen molar-refractivity contribution in [1.82, 2.24) is 52.5 Å². The van der Waals surface area contributed by atoms with Gasteiger partial charge in [0, 0.05) is 101 Å². The molecule has 58 heavy (non-hydrogen) atoms. The molecule has 0 unspecified atom stereocenters. The van der Waals surface area contributed by atoms with Gasteiger partial charge in [0.05, 0.1) is 22.8 Å². The minimum atomic E-state index is 0.00694. The third-order valence-electron chi connectivity index (χ3n) is 12.9. The second kappa shape index (κ2) is 29.5. The Morgan fingerprint density at radius 1 is 0.345 bits per heavy atom. The van der Waals surface area contributed by atoms with Crippen molar-refractivity contribution in [1.29, 1.82) is 0 Å². The van der Waals surface area contributed by atoms with Crippen LogP contribution in [0.5, 0.6) is 0 Å². The van der Waals surface area contributed by atoms with E-state index in [1.807, 2.05) is 0 Å². The van der Waals surface area contributed by atoms with E-state index in [0.29, 0.717) is 48.3 Å². The minimum Gasteiger partial charge on any atom is -0.311 e. The van der Waals surface area contributed by atoms with E-state index in [0.717, 1.165) is 52.4 Å². The number of nitrogens with one attached hydrogen (secondary N) is 8. The Labute approximate surface area is 379 Å². The Morgan fingerprint density at radius 2 is 0.534 bits per heavy atom. The third kappa shape index (κ3) is 17.7. The molecule has 0 spiro atoms. The van der Waals surface area contributed by atoms with Crippen LogP contribution in [-0.4, -0.2) is 84.5 Å². The van der Waals surface area contributed by atoms with Gasteiger partial charge in [-0.3, -0.25) is 9.97 Å². The van der Waals surface area contributed by atoms with Crippen LogP contribution in [0.25, 0.3) is 0 Å². The molecule has 10 nitrogen and oxygen atoms in total. The second-order valence-corrected chi connectivity index (χ2v) is 20.6. The summed E-state index contributed by atoms with van der Waals surface area (Å²) in [5.74, 6) is 0. The van der Waals surface area contributed by atoms with Crippen LogP contribution < -0.4 is 42.5 Å². The molecule has 6 aliphatic rings. The first-order chi connectivity index (χ1) is 28.6. The predicted molar refractivity (Wildman–Crippen MR) is 235 cm³/mol. The number of halogens is 4. The number of aromatic nitrogens is 2. The van der Waals surface area contributed by atoms with Crippen LogP contribution in [0.15, 0.2) is 36.4 Å². The van der Waals surface area contributed by atoms with E-state index in [9.17, 15) is 0 Å². The smallest absolute Gasteiger partial charge is 0.0545 e. The molecule has 8 N–H and O–H groups in total. The number of pyridine rings is 2. The Morgan fingerprint density at radius 3 is 0.741 bits per heavy atom. The molecule has 2 aliphatic heterocycles. The maximum Gasteiger partial charge on any atom is 0.0545 e. The van der Waals surface area contributed by atoms with E-state index < -0.39 is 0 Å². The molecule has 0 amide bonds. The maximum atomic E-state index is 4.89. The number of rotatable bonds is 0. The summed E-state index contributed by atoms with van der Waals surface area (Å²) in [7, 11) is 19.2. The molecule has 0 radical (unpaired) electrons. The van der Waals surface area contributed by atoms with Crippen LogP contribution in [-0.2, 0) is 52.4 Å². The standard InChI is InChI=1S/2C21H35N5.4ClH.2Mn/c2*1-3-10-20-18(8-1)22-12-13-23-19-9-2-4-11-21(19)25-15-17-7-5-6-16(26-17)14-24-20;;;;;;/h2*5-7,18-25H,1-4,8-15H2;4*1H;;/q;;;;;;2*+2/p-4/t18-,19-,20+,21+;18-,19-,20-,21-;;;;;;/m10....../s1. The van der Waals surface area contributed by atoms with Gasteiger partial charge in [-0.25, -0.2) is 0 Å². The van der Waals surface area contributed by atoms with Gasteiger partial charge >= 0.3 is 66.7 Å². The normalized spacial score (nSPS) is 31.1. The number of nitrogens with zero attached hydrogens (tertiary/aromatic N) is 2. The zero-order valence-electron chi connectivity index (χ0n) is 34.2. The van der Waals surface area contributed by atoms with E-state index in [2.05, 4.69) is 78.9 Å². The van der Waals surface area contributed by atoms with Crippen LogP contribution >= 0.6 is 40.4 Å². The van der Waals surface area contributed by atoms with E-state index in [4.69, 9.17) is 50.4 Å². The fourth-order valence-electron chi connectivity index (χ4n) is 9.90. The Hall–Kier alpha value is 0.179. The molecule has 0 saturated heterocycles. The van der Waals surface area contributed by atoms with Gasteiger partial charge in [-0.1, -0.05) is 63.5 Å². The van der Waals surface area contributed by atoms with E-state index in [1.54, 1.807) is 0 Å². The second-order valence-electron chi connectivity index (χ2n) is 16.7. The molecule has 4 fully saturated rings. The van der Waals surface area contributed by atoms with Gasteiger partial charge < -0.3 is 42.5 Å². The summed E-state index contributed by atoms with van der Waals surface area (Å²) in [6, 6.07) is 17.6. The van der Waals surface area contributed by atoms with Crippen molar-refractivity contribution >= 4 is 40.4 Å². The summed E-state index contributed by atoms with van der Waals surface area (Å²) in [5.41, 5.74) is 4.67. The average molecular weight is 967 g/mol. The van der Waals surface area contributed by atoms with Crippen molar-refractivity contribution in [3.05, 3.63) is 59.2 Å². The molecule has 2 aromatic rings. The topological polar surface area (TPSA) is 122 Å². The number of hydrogen-bond acceptors (Lipinski definition) is 10. The maximum absolute atomic E-state index is 4.89.